The van der Waals surface area contributed by atoms with Crippen LogP contribution in [0.15, 0.2) is 0 Å². The molecule has 12 heteroatoms. The summed E-state index contributed by atoms with van der Waals surface area (Å²) in [7, 11) is 0. The molecule has 0 aromatic carbocycles. The third kappa shape index (κ3) is 53.0. The molecule has 37 heavy (non-hydrogen) atoms. The lowest BCUT2D eigenvalue weighted by molar-refractivity contribution is -0.111. The van der Waals surface area contributed by atoms with Gasteiger partial charge in [0.05, 0.1) is 31.8 Å². The molecule has 0 fully saturated rings. The SMILES string of the molecule is CCCCC(=O)S.CCCCC(=O)S.CCCCC(=O)S.CCCCC(=O)S.OCC(CO)(CO)CO. The molecule has 0 amide bonds. The van der Waals surface area contributed by atoms with Crippen molar-refractivity contribution in [2.45, 2.75) is 105 Å². The first kappa shape index (κ1) is 46.8. The van der Waals surface area contributed by atoms with Gasteiger partial charge < -0.3 is 20.4 Å². The third-order valence-corrected chi connectivity index (χ3v) is 5.21. The zero-order valence-corrected chi connectivity index (χ0v) is 26.6. The van der Waals surface area contributed by atoms with Gasteiger partial charge in [-0.3, -0.25) is 19.2 Å². The number of aliphatic hydroxyl groups excluding tert-OH is 4. The zero-order chi connectivity index (χ0) is 30.1. The van der Waals surface area contributed by atoms with Gasteiger partial charge in [0.15, 0.2) is 20.5 Å². The molecular weight excluding hydrogens is 557 g/mol. The fourth-order valence-electron chi connectivity index (χ4n) is 1.61. The van der Waals surface area contributed by atoms with Gasteiger partial charge >= 0.3 is 0 Å². The average Bonchev–Trinajstić information content (AvgIpc) is 2.86. The summed E-state index contributed by atoms with van der Waals surface area (Å²) < 4.78 is 0. The van der Waals surface area contributed by atoms with E-state index in [4.69, 9.17) is 20.4 Å². The molecule has 8 nitrogen and oxygen atoms in total. The molecule has 4 N–H and O–H groups in total. The summed E-state index contributed by atoms with van der Waals surface area (Å²) in [5.74, 6) is 0. The van der Waals surface area contributed by atoms with Gasteiger partial charge in [-0.25, -0.2) is 0 Å². The fraction of sp³-hybridized carbons (Fsp3) is 0.840. The normalized spacial score (nSPS) is 9.62. The van der Waals surface area contributed by atoms with Gasteiger partial charge in [0, 0.05) is 25.7 Å². The molecule has 0 aliphatic rings. The van der Waals surface area contributed by atoms with E-state index >= 15 is 0 Å². The molecule has 0 bridgehead atoms. The van der Waals surface area contributed by atoms with Crippen LogP contribution in [0.4, 0.5) is 0 Å². The number of hydrogen-bond acceptors (Lipinski definition) is 8. The molecule has 0 unspecified atom stereocenters. The number of hydrogen-bond donors (Lipinski definition) is 8. The molecule has 0 radical (unpaired) electrons. The van der Waals surface area contributed by atoms with E-state index in [0.717, 1.165) is 51.4 Å². The smallest absolute Gasteiger partial charge is 0.185 e. The van der Waals surface area contributed by atoms with Crippen molar-refractivity contribution in [3.05, 3.63) is 0 Å². The topological polar surface area (TPSA) is 149 Å². The van der Waals surface area contributed by atoms with E-state index in [0.29, 0.717) is 25.7 Å². The second-order valence-electron chi connectivity index (χ2n) is 8.12. The van der Waals surface area contributed by atoms with E-state index in [-0.39, 0.29) is 20.5 Å². The lowest BCUT2D eigenvalue weighted by Gasteiger charge is -2.23. The second-order valence-corrected chi connectivity index (χ2v) is 10.1. The van der Waals surface area contributed by atoms with E-state index in [2.05, 4.69) is 78.2 Å². The average molecular weight is 609 g/mol. The molecule has 0 saturated heterocycles. The van der Waals surface area contributed by atoms with Crippen molar-refractivity contribution < 1.29 is 39.6 Å². The monoisotopic (exact) mass is 608 g/mol. The van der Waals surface area contributed by atoms with E-state index in [1.807, 2.05) is 0 Å². The molecular formula is C25H52O8S4. The van der Waals surface area contributed by atoms with Crippen molar-refractivity contribution >= 4 is 71.0 Å². The molecule has 0 atom stereocenters. The lowest BCUT2D eigenvalue weighted by atomic mass is 9.93. The van der Waals surface area contributed by atoms with E-state index in [1.54, 1.807) is 0 Å². The van der Waals surface area contributed by atoms with Crippen LogP contribution in [-0.2, 0) is 19.2 Å². The third-order valence-electron chi connectivity index (χ3n) is 4.32. The Balaban J connectivity index is -0.000000116. The van der Waals surface area contributed by atoms with Gasteiger partial charge in [-0.1, -0.05) is 53.4 Å². The number of rotatable bonds is 16. The van der Waals surface area contributed by atoms with Gasteiger partial charge in [0.2, 0.25) is 0 Å². The van der Waals surface area contributed by atoms with Gasteiger partial charge in [-0.05, 0) is 25.7 Å². The minimum absolute atomic E-state index is 0.00171. The Morgan fingerprint density at radius 1 is 0.459 bits per heavy atom. The quantitative estimate of drug-likeness (QED) is 0.120. The van der Waals surface area contributed by atoms with Crippen LogP contribution >= 0.6 is 50.5 Å². The summed E-state index contributed by atoms with van der Waals surface area (Å²) in [6, 6.07) is 0. The van der Waals surface area contributed by atoms with E-state index in [9.17, 15) is 19.2 Å². The van der Waals surface area contributed by atoms with Crippen molar-refractivity contribution in [1.82, 2.24) is 0 Å². The van der Waals surface area contributed by atoms with Gasteiger partial charge in [-0.2, -0.15) is 0 Å². The van der Waals surface area contributed by atoms with E-state index < -0.39 is 31.8 Å². The highest BCUT2D eigenvalue weighted by molar-refractivity contribution is 7.97. The predicted molar refractivity (Wildman–Crippen MR) is 165 cm³/mol. The second kappa shape index (κ2) is 38.1. The van der Waals surface area contributed by atoms with Crippen LogP contribution in [0.1, 0.15) is 105 Å². The van der Waals surface area contributed by atoms with Crippen LogP contribution in [0.25, 0.3) is 0 Å². The Morgan fingerprint density at radius 3 is 0.649 bits per heavy atom. The summed E-state index contributed by atoms with van der Waals surface area (Å²) >= 11 is 14.4. The number of carbonyl (C=O) groups is 4. The number of unbranched alkanes of at least 4 members (excludes halogenated alkanes) is 4. The highest BCUT2D eigenvalue weighted by Gasteiger charge is 2.26. The highest BCUT2D eigenvalue weighted by Crippen LogP contribution is 2.11. The summed E-state index contributed by atoms with van der Waals surface area (Å²) in [5, 5.41) is 34.0. The van der Waals surface area contributed by atoms with Crippen molar-refractivity contribution in [3.63, 3.8) is 0 Å². The predicted octanol–water partition coefficient (Wildman–Crippen LogP) is 4.47. The molecule has 0 aromatic heterocycles. The first-order chi connectivity index (χ1) is 17.3. The van der Waals surface area contributed by atoms with Crippen LogP contribution in [0.2, 0.25) is 0 Å². The first-order valence-electron chi connectivity index (χ1n) is 12.6. The van der Waals surface area contributed by atoms with Crippen LogP contribution < -0.4 is 0 Å². The van der Waals surface area contributed by atoms with Crippen LogP contribution in [-0.4, -0.2) is 67.3 Å². The Labute approximate surface area is 246 Å². The maximum atomic E-state index is 10.1. The molecule has 0 aliphatic carbocycles. The molecule has 0 saturated carbocycles. The summed E-state index contributed by atoms with van der Waals surface area (Å²) in [4.78, 5) is 40.3. The lowest BCUT2D eigenvalue weighted by Crippen LogP contribution is -2.37. The minimum Gasteiger partial charge on any atom is -0.396 e. The van der Waals surface area contributed by atoms with E-state index in [1.165, 1.54) is 0 Å². The van der Waals surface area contributed by atoms with Crippen LogP contribution in [0.5, 0.6) is 0 Å². The Hall–Kier alpha value is -0.0800. The summed E-state index contributed by atoms with van der Waals surface area (Å²) in [6.07, 6.45) is 10.7. The fourth-order valence-corrected chi connectivity index (χ4v) is 2.24. The van der Waals surface area contributed by atoms with Crippen LogP contribution in [0, 0.1) is 5.41 Å². The molecule has 0 spiro atoms. The zero-order valence-electron chi connectivity index (χ0n) is 23.0. The molecule has 0 aliphatic heterocycles. The standard InChI is InChI=1S/C5H12O4.4C5H10OS/c6-1-5(2-7,3-8)4-9;4*1-2-3-4-5(6)7/h6-9H,1-4H2;4*2-4H2,1H3,(H,6,7). The van der Waals surface area contributed by atoms with Crippen molar-refractivity contribution in [2.75, 3.05) is 26.4 Å². The Morgan fingerprint density at radius 2 is 0.622 bits per heavy atom. The van der Waals surface area contributed by atoms with Crippen molar-refractivity contribution in [1.29, 1.82) is 0 Å². The maximum absolute atomic E-state index is 10.1. The van der Waals surface area contributed by atoms with Gasteiger partial charge in [0.25, 0.3) is 0 Å². The summed E-state index contributed by atoms with van der Waals surface area (Å²) in [5.41, 5.74) is -1.11. The van der Waals surface area contributed by atoms with Crippen LogP contribution in [0.3, 0.4) is 0 Å². The molecule has 224 valence electrons. The van der Waals surface area contributed by atoms with Crippen molar-refractivity contribution in [3.8, 4) is 0 Å². The van der Waals surface area contributed by atoms with Gasteiger partial charge in [0.1, 0.15) is 0 Å². The molecule has 0 heterocycles. The first-order valence-corrected chi connectivity index (χ1v) is 14.4. The highest BCUT2D eigenvalue weighted by atomic mass is 32.1. The number of carbonyl (C=O) groups excluding carboxylic acids is 4. The van der Waals surface area contributed by atoms with Crippen molar-refractivity contribution in [2.24, 2.45) is 5.41 Å². The molecule has 0 aromatic rings. The van der Waals surface area contributed by atoms with Gasteiger partial charge in [-0.15, -0.1) is 50.5 Å². The maximum Gasteiger partial charge on any atom is 0.185 e. The molecule has 0 rings (SSSR count). The summed E-state index contributed by atoms with van der Waals surface area (Å²) in [6.45, 7) is 6.58. The number of aliphatic hydroxyl groups is 4. The largest absolute Gasteiger partial charge is 0.396 e. The number of thiol groups is 4. The Kier molecular flexibility index (Phi) is 48.1. The minimum atomic E-state index is -1.11. The Bertz CT molecular complexity index is 441.